The van der Waals surface area contributed by atoms with E-state index in [1.807, 2.05) is 38.1 Å². The van der Waals surface area contributed by atoms with Gasteiger partial charge in [0.15, 0.2) is 0 Å². The highest BCUT2D eigenvalue weighted by atomic mass is 32.1. The fourth-order valence-electron chi connectivity index (χ4n) is 4.10. The minimum Gasteiger partial charge on any atom is -0.349 e. The zero-order chi connectivity index (χ0) is 20.9. The largest absolute Gasteiger partial charge is 0.349 e. The number of nitrogens with one attached hydrogen (secondary N) is 2. The first kappa shape index (κ1) is 19.3. The van der Waals surface area contributed by atoms with Crippen LogP contribution in [0.4, 0.5) is 5.69 Å². The number of amides is 3. The molecule has 0 saturated heterocycles. The average molecular weight is 410 g/mol. The fourth-order valence-corrected chi connectivity index (χ4v) is 4.86. The summed E-state index contributed by atoms with van der Waals surface area (Å²) in [5.74, 6) is -1.48. The number of para-hydroxylation sites is 1. The van der Waals surface area contributed by atoms with E-state index in [0.29, 0.717) is 21.8 Å². The molecule has 1 aliphatic carbocycles. The van der Waals surface area contributed by atoms with Gasteiger partial charge < -0.3 is 10.2 Å². The molecule has 4 rings (SSSR count). The summed E-state index contributed by atoms with van der Waals surface area (Å²) in [5.41, 5.74) is 3.76. The topological polar surface area (TPSA) is 90.9 Å². The van der Waals surface area contributed by atoms with Gasteiger partial charge in [0.05, 0.1) is 28.1 Å². The number of aryl methyl sites for hydroxylation is 1. The fraction of sp³-hybridized carbons (Fsp3) is 0.333. The Bertz CT molecular complexity index is 1060. The number of anilines is 1. The van der Waals surface area contributed by atoms with Crippen LogP contribution in [0.1, 0.15) is 27.0 Å². The molecule has 1 aromatic carbocycles. The first-order valence-corrected chi connectivity index (χ1v) is 10.1. The summed E-state index contributed by atoms with van der Waals surface area (Å²) in [7, 11) is 3.36. The van der Waals surface area contributed by atoms with Gasteiger partial charge in [-0.05, 0) is 25.1 Å². The van der Waals surface area contributed by atoms with E-state index in [-0.39, 0.29) is 17.7 Å². The van der Waals surface area contributed by atoms with Gasteiger partial charge in [-0.1, -0.05) is 25.1 Å². The van der Waals surface area contributed by atoms with Gasteiger partial charge in [0.1, 0.15) is 0 Å². The Hall–Kier alpha value is -3.00. The van der Waals surface area contributed by atoms with Crippen molar-refractivity contribution in [2.75, 3.05) is 19.4 Å². The Labute approximate surface area is 172 Å². The molecule has 1 aliphatic heterocycles. The highest BCUT2D eigenvalue weighted by Crippen LogP contribution is 2.62. The third kappa shape index (κ3) is 3.04. The van der Waals surface area contributed by atoms with Crippen LogP contribution in [0.25, 0.3) is 0 Å². The first-order valence-electron chi connectivity index (χ1n) is 9.31. The third-order valence-electron chi connectivity index (χ3n) is 5.69. The van der Waals surface area contributed by atoms with E-state index in [9.17, 15) is 14.4 Å². The van der Waals surface area contributed by atoms with Crippen molar-refractivity contribution in [2.24, 2.45) is 22.4 Å². The highest BCUT2D eigenvalue weighted by Gasteiger charge is 2.73. The molecule has 0 radical (unpaired) electrons. The van der Waals surface area contributed by atoms with Crippen LogP contribution in [-0.2, 0) is 9.59 Å². The molecule has 2 aromatic rings. The predicted molar refractivity (Wildman–Crippen MR) is 112 cm³/mol. The zero-order valence-corrected chi connectivity index (χ0v) is 17.5. The molecular weight excluding hydrogens is 388 g/mol. The molecule has 2 heterocycles. The number of hydrogen-bond donors (Lipinski definition) is 2. The van der Waals surface area contributed by atoms with Gasteiger partial charge in [0.2, 0.25) is 11.8 Å². The quantitative estimate of drug-likeness (QED) is 0.811. The smallest absolute Gasteiger partial charge is 0.265 e. The maximum atomic E-state index is 12.7. The van der Waals surface area contributed by atoms with Crippen molar-refractivity contribution in [3.63, 3.8) is 0 Å². The number of thiophene rings is 1. The first-order chi connectivity index (χ1) is 13.7. The maximum absolute atomic E-state index is 12.7. The molecule has 8 heteroatoms. The van der Waals surface area contributed by atoms with Crippen molar-refractivity contribution >= 4 is 40.5 Å². The van der Waals surface area contributed by atoms with Gasteiger partial charge in [-0.25, -0.2) is 5.43 Å². The summed E-state index contributed by atoms with van der Waals surface area (Å²) in [5, 5.41) is 7.26. The van der Waals surface area contributed by atoms with Gasteiger partial charge in [-0.2, -0.15) is 5.10 Å². The zero-order valence-electron chi connectivity index (χ0n) is 16.6. The van der Waals surface area contributed by atoms with E-state index in [1.54, 1.807) is 26.2 Å². The van der Waals surface area contributed by atoms with Gasteiger partial charge >= 0.3 is 0 Å². The van der Waals surface area contributed by atoms with Crippen molar-refractivity contribution in [1.29, 1.82) is 0 Å². The molecule has 1 aromatic heterocycles. The van der Waals surface area contributed by atoms with Gasteiger partial charge in [-0.15, -0.1) is 11.3 Å². The minimum absolute atomic E-state index is 0.0992. The van der Waals surface area contributed by atoms with Crippen LogP contribution in [0.2, 0.25) is 0 Å². The molecule has 1 fully saturated rings. The van der Waals surface area contributed by atoms with E-state index in [0.717, 1.165) is 4.88 Å². The van der Waals surface area contributed by atoms with Crippen molar-refractivity contribution in [1.82, 2.24) is 10.3 Å². The van der Waals surface area contributed by atoms with Crippen LogP contribution >= 0.6 is 11.3 Å². The lowest BCUT2D eigenvalue weighted by atomic mass is 9.89. The van der Waals surface area contributed by atoms with Gasteiger partial charge in [0.25, 0.3) is 5.91 Å². The van der Waals surface area contributed by atoms with Crippen LogP contribution in [-0.4, -0.2) is 42.4 Å². The Morgan fingerprint density at radius 3 is 2.59 bits per heavy atom. The SMILES string of the molecule is Cc1ccc(C(=O)Nc2ccccc2C2=NNC(=O)[C@H]3[C@@H](C(=O)N(C)C)[C@@]23C)s1. The van der Waals surface area contributed by atoms with Crippen LogP contribution in [0.3, 0.4) is 0 Å². The number of hydrogen-bond acceptors (Lipinski definition) is 5. The second kappa shape index (κ2) is 6.81. The van der Waals surface area contributed by atoms with Gasteiger partial charge in [-0.3, -0.25) is 14.4 Å². The summed E-state index contributed by atoms with van der Waals surface area (Å²) < 4.78 is 0. The summed E-state index contributed by atoms with van der Waals surface area (Å²) in [4.78, 5) is 40.9. The number of carbonyl (C=O) groups is 3. The van der Waals surface area contributed by atoms with Crippen LogP contribution in [0, 0.1) is 24.2 Å². The standard InChI is InChI=1S/C21H22N4O3S/c1-11-9-10-14(29-11)18(26)22-13-8-6-5-7-12(13)17-21(2)15(19(27)24-23-17)16(21)20(28)25(3)4/h5-10,15-16H,1-4H3,(H,22,26)(H,24,27)/t15-,16+,21+/m1/s1. The van der Waals surface area contributed by atoms with Crippen LogP contribution in [0.15, 0.2) is 41.5 Å². The Morgan fingerprint density at radius 2 is 1.93 bits per heavy atom. The van der Waals surface area contributed by atoms with E-state index >= 15 is 0 Å². The molecular formula is C21H22N4O3S. The molecule has 2 aliphatic rings. The molecule has 2 N–H and O–H groups in total. The van der Waals surface area contributed by atoms with E-state index in [2.05, 4.69) is 15.8 Å². The number of rotatable bonds is 4. The maximum Gasteiger partial charge on any atom is 0.265 e. The lowest BCUT2D eigenvalue weighted by molar-refractivity contribution is -0.132. The predicted octanol–water partition coefficient (Wildman–Crippen LogP) is 2.48. The molecule has 0 spiro atoms. The third-order valence-corrected chi connectivity index (χ3v) is 6.69. The Morgan fingerprint density at radius 1 is 1.21 bits per heavy atom. The van der Waals surface area contributed by atoms with Gasteiger partial charge in [0, 0.05) is 30.0 Å². The highest BCUT2D eigenvalue weighted by molar-refractivity contribution is 7.14. The summed E-state index contributed by atoms with van der Waals surface area (Å²) >= 11 is 1.42. The van der Waals surface area contributed by atoms with Crippen molar-refractivity contribution < 1.29 is 14.4 Å². The Kier molecular flexibility index (Phi) is 4.53. The van der Waals surface area contributed by atoms with E-state index < -0.39 is 17.3 Å². The molecule has 29 heavy (non-hydrogen) atoms. The molecule has 3 atom stereocenters. The lowest BCUT2D eigenvalue weighted by Crippen LogP contribution is -2.34. The van der Waals surface area contributed by atoms with Crippen molar-refractivity contribution in [3.8, 4) is 0 Å². The number of nitrogens with zero attached hydrogens (tertiary/aromatic N) is 2. The van der Waals surface area contributed by atoms with Crippen molar-refractivity contribution in [2.45, 2.75) is 13.8 Å². The molecule has 0 bridgehead atoms. The Balaban J connectivity index is 1.69. The molecule has 0 unspecified atom stereocenters. The number of carbonyl (C=O) groups excluding carboxylic acids is 3. The second-order valence-corrected chi connectivity index (χ2v) is 9.11. The summed E-state index contributed by atoms with van der Waals surface area (Å²) in [6.45, 7) is 3.84. The average Bonchev–Trinajstić information content (AvgIpc) is 3.09. The van der Waals surface area contributed by atoms with E-state index in [4.69, 9.17) is 0 Å². The lowest BCUT2D eigenvalue weighted by Gasteiger charge is -2.22. The number of fused-ring (bicyclic) bond motifs is 1. The van der Waals surface area contributed by atoms with Crippen LogP contribution < -0.4 is 10.7 Å². The molecule has 3 amide bonds. The molecule has 7 nitrogen and oxygen atoms in total. The van der Waals surface area contributed by atoms with E-state index in [1.165, 1.54) is 16.2 Å². The molecule has 1 saturated carbocycles. The summed E-state index contributed by atoms with van der Waals surface area (Å²) in [6, 6.07) is 11.0. The second-order valence-electron chi connectivity index (χ2n) is 7.82. The number of benzene rings is 1. The van der Waals surface area contributed by atoms with Crippen LogP contribution in [0.5, 0.6) is 0 Å². The minimum atomic E-state index is -0.704. The molecule has 150 valence electrons. The monoisotopic (exact) mass is 410 g/mol. The normalized spacial score (nSPS) is 24.8. The number of hydrazone groups is 1. The van der Waals surface area contributed by atoms with Crippen molar-refractivity contribution in [3.05, 3.63) is 51.7 Å². The summed E-state index contributed by atoms with van der Waals surface area (Å²) in [6.07, 6.45) is 0.